The minimum Gasteiger partial charge on any atom is -0.465 e. The molecule has 0 N–H and O–H groups in total. The Bertz CT molecular complexity index is 394. The van der Waals surface area contributed by atoms with E-state index in [1.54, 1.807) is 13.1 Å². The number of carbonyl (C=O) groups is 2. The second kappa shape index (κ2) is 5.95. The minimum absolute atomic E-state index is 0.108. The van der Waals surface area contributed by atoms with Gasteiger partial charge in [-0.05, 0) is 22.9 Å². The van der Waals surface area contributed by atoms with E-state index in [0.717, 1.165) is 3.79 Å². The van der Waals surface area contributed by atoms with Crippen molar-refractivity contribution in [3.63, 3.8) is 0 Å². The Kier molecular flexibility index (Phi) is 4.88. The smallest absolute Gasteiger partial charge is 0.326 e. The Morgan fingerprint density at radius 3 is 2.75 bits per heavy atom. The quantitative estimate of drug-likeness (QED) is 0.796. The number of aromatic nitrogens is 1. The van der Waals surface area contributed by atoms with Crippen LogP contribution in [-0.2, 0) is 14.3 Å². The van der Waals surface area contributed by atoms with Gasteiger partial charge in [-0.15, -0.1) is 0 Å². The van der Waals surface area contributed by atoms with E-state index in [9.17, 15) is 9.59 Å². The summed E-state index contributed by atoms with van der Waals surface area (Å²) < 4.78 is 5.59. The first-order valence-electron chi connectivity index (χ1n) is 4.59. The van der Waals surface area contributed by atoms with E-state index < -0.39 is 5.97 Å². The van der Waals surface area contributed by atoms with Gasteiger partial charge in [0, 0.05) is 6.92 Å². The van der Waals surface area contributed by atoms with Gasteiger partial charge in [0.25, 0.3) is 0 Å². The fourth-order valence-electron chi connectivity index (χ4n) is 1.02. The van der Waals surface area contributed by atoms with Crippen LogP contribution in [0, 0.1) is 0 Å². The van der Waals surface area contributed by atoms with Crippen molar-refractivity contribution in [3.05, 3.63) is 9.98 Å². The van der Waals surface area contributed by atoms with Crippen molar-refractivity contribution in [2.45, 2.75) is 13.8 Å². The number of ether oxygens (including phenoxy) is 1. The van der Waals surface area contributed by atoms with Crippen LogP contribution in [0.4, 0.5) is 5.13 Å². The molecule has 0 spiro atoms. The SMILES string of the molecule is CCOC(=O)CN(C(C)=O)c1ncc(Br)s1. The number of thiazole rings is 1. The molecule has 0 unspecified atom stereocenters. The lowest BCUT2D eigenvalue weighted by atomic mass is 10.5. The number of rotatable bonds is 4. The summed E-state index contributed by atoms with van der Waals surface area (Å²) in [5, 5.41) is 0.479. The zero-order chi connectivity index (χ0) is 12.1. The molecule has 1 aromatic heterocycles. The highest BCUT2D eigenvalue weighted by Gasteiger charge is 2.19. The molecule has 0 aliphatic carbocycles. The van der Waals surface area contributed by atoms with Gasteiger partial charge in [-0.1, -0.05) is 11.3 Å². The van der Waals surface area contributed by atoms with Crippen molar-refractivity contribution in [1.29, 1.82) is 0 Å². The third kappa shape index (κ3) is 3.57. The molecule has 16 heavy (non-hydrogen) atoms. The summed E-state index contributed by atoms with van der Waals surface area (Å²) in [6.07, 6.45) is 1.58. The second-order valence-corrected chi connectivity index (χ2v) is 5.25. The van der Waals surface area contributed by atoms with E-state index in [2.05, 4.69) is 20.9 Å². The van der Waals surface area contributed by atoms with Crippen LogP contribution in [0.25, 0.3) is 0 Å². The molecule has 0 aliphatic heterocycles. The first-order chi connectivity index (χ1) is 7.54. The monoisotopic (exact) mass is 306 g/mol. The third-order valence-electron chi connectivity index (χ3n) is 1.67. The summed E-state index contributed by atoms with van der Waals surface area (Å²) in [6.45, 7) is 3.29. The Balaban J connectivity index is 2.76. The van der Waals surface area contributed by atoms with Gasteiger partial charge >= 0.3 is 5.97 Å². The summed E-state index contributed by atoms with van der Waals surface area (Å²) in [5.74, 6) is -0.682. The van der Waals surface area contributed by atoms with Gasteiger partial charge in [0.1, 0.15) is 6.54 Å². The molecule has 0 saturated heterocycles. The summed E-state index contributed by atoms with van der Waals surface area (Å²) in [7, 11) is 0. The van der Waals surface area contributed by atoms with Gasteiger partial charge in [-0.2, -0.15) is 0 Å². The van der Waals surface area contributed by atoms with E-state index in [1.165, 1.54) is 23.2 Å². The molecule has 5 nitrogen and oxygen atoms in total. The molecule has 1 amide bonds. The molecule has 0 bridgehead atoms. The predicted octanol–water partition coefficient (Wildman–Crippen LogP) is 1.82. The van der Waals surface area contributed by atoms with E-state index in [-0.39, 0.29) is 12.5 Å². The zero-order valence-electron chi connectivity index (χ0n) is 8.90. The maximum absolute atomic E-state index is 11.4. The third-order valence-corrected chi connectivity index (χ3v) is 3.17. The number of amides is 1. The van der Waals surface area contributed by atoms with Crippen molar-refractivity contribution in [2.75, 3.05) is 18.1 Å². The van der Waals surface area contributed by atoms with Gasteiger partial charge in [-0.25, -0.2) is 4.98 Å². The average molecular weight is 307 g/mol. The van der Waals surface area contributed by atoms with Crippen LogP contribution in [0.3, 0.4) is 0 Å². The molecule has 0 radical (unpaired) electrons. The number of hydrogen-bond acceptors (Lipinski definition) is 5. The van der Waals surface area contributed by atoms with Crippen molar-refractivity contribution in [1.82, 2.24) is 4.98 Å². The molecule has 0 aromatic carbocycles. The molecular formula is C9H11BrN2O3S. The maximum atomic E-state index is 11.4. The van der Waals surface area contributed by atoms with E-state index in [1.807, 2.05) is 0 Å². The Morgan fingerprint density at radius 2 is 2.31 bits per heavy atom. The van der Waals surface area contributed by atoms with Crippen molar-refractivity contribution in [3.8, 4) is 0 Å². The highest BCUT2D eigenvalue weighted by atomic mass is 79.9. The number of esters is 1. The van der Waals surface area contributed by atoms with Crippen LogP contribution in [0.1, 0.15) is 13.8 Å². The lowest BCUT2D eigenvalue weighted by Crippen LogP contribution is -2.34. The van der Waals surface area contributed by atoms with Crippen molar-refractivity contribution >= 4 is 44.3 Å². The molecule has 0 atom stereocenters. The molecular weight excluding hydrogens is 296 g/mol. The molecule has 1 rings (SSSR count). The number of anilines is 1. The lowest BCUT2D eigenvalue weighted by molar-refractivity contribution is -0.142. The Morgan fingerprint density at radius 1 is 1.62 bits per heavy atom. The highest BCUT2D eigenvalue weighted by Crippen LogP contribution is 2.26. The molecule has 88 valence electrons. The molecule has 0 aliphatic rings. The molecule has 0 saturated carbocycles. The van der Waals surface area contributed by atoms with Gasteiger partial charge in [-0.3, -0.25) is 14.5 Å². The van der Waals surface area contributed by atoms with E-state index in [0.29, 0.717) is 11.7 Å². The molecule has 7 heteroatoms. The normalized spacial score (nSPS) is 9.94. The molecule has 0 fully saturated rings. The fraction of sp³-hybridized carbons (Fsp3) is 0.444. The summed E-state index contributed by atoms with van der Waals surface area (Å²) in [5.41, 5.74) is 0. The number of nitrogens with zero attached hydrogens (tertiary/aromatic N) is 2. The van der Waals surface area contributed by atoms with Crippen LogP contribution in [0.15, 0.2) is 9.98 Å². The van der Waals surface area contributed by atoms with Crippen LogP contribution >= 0.6 is 27.3 Å². The van der Waals surface area contributed by atoms with Crippen molar-refractivity contribution < 1.29 is 14.3 Å². The van der Waals surface area contributed by atoms with Gasteiger partial charge in [0.2, 0.25) is 5.91 Å². The van der Waals surface area contributed by atoms with Crippen LogP contribution in [0.2, 0.25) is 0 Å². The van der Waals surface area contributed by atoms with Crippen LogP contribution < -0.4 is 4.90 Å². The first-order valence-corrected chi connectivity index (χ1v) is 6.20. The number of carbonyl (C=O) groups excluding carboxylic acids is 2. The topological polar surface area (TPSA) is 59.5 Å². The summed E-state index contributed by atoms with van der Waals surface area (Å²) in [6, 6.07) is 0. The standard InChI is InChI=1S/C9H11BrN2O3S/c1-3-15-8(14)5-12(6(2)13)9-11-4-7(10)16-9/h4H,3,5H2,1-2H3. The second-order valence-electron chi connectivity index (χ2n) is 2.86. The minimum atomic E-state index is -0.441. The average Bonchev–Trinajstić information content (AvgIpc) is 2.61. The van der Waals surface area contributed by atoms with Crippen LogP contribution in [0.5, 0.6) is 0 Å². The fourth-order valence-corrected chi connectivity index (χ4v) is 2.25. The number of hydrogen-bond donors (Lipinski definition) is 0. The molecule has 1 heterocycles. The van der Waals surface area contributed by atoms with Gasteiger partial charge in [0.15, 0.2) is 5.13 Å². The van der Waals surface area contributed by atoms with Gasteiger partial charge in [0.05, 0.1) is 16.6 Å². The maximum Gasteiger partial charge on any atom is 0.326 e. The Hall–Kier alpha value is -0.950. The highest BCUT2D eigenvalue weighted by molar-refractivity contribution is 9.11. The van der Waals surface area contributed by atoms with E-state index in [4.69, 9.17) is 4.74 Å². The lowest BCUT2D eigenvalue weighted by Gasteiger charge is -2.16. The van der Waals surface area contributed by atoms with Crippen LogP contribution in [-0.4, -0.2) is 30.0 Å². The largest absolute Gasteiger partial charge is 0.465 e. The zero-order valence-corrected chi connectivity index (χ0v) is 11.3. The predicted molar refractivity (Wildman–Crippen MR) is 64.5 cm³/mol. The number of halogens is 1. The molecule has 1 aromatic rings. The Labute approximate surface area is 106 Å². The first kappa shape index (κ1) is 13.1. The van der Waals surface area contributed by atoms with Gasteiger partial charge < -0.3 is 4.74 Å². The van der Waals surface area contributed by atoms with E-state index >= 15 is 0 Å². The summed E-state index contributed by atoms with van der Waals surface area (Å²) in [4.78, 5) is 28.0. The van der Waals surface area contributed by atoms with Crippen molar-refractivity contribution in [2.24, 2.45) is 0 Å². The summed E-state index contributed by atoms with van der Waals surface area (Å²) >= 11 is 4.54.